The number of ether oxygens (including phenoxy) is 3. The van der Waals surface area contributed by atoms with E-state index in [0.29, 0.717) is 15.2 Å². The molecule has 0 fully saturated rings. The molecule has 0 saturated carbocycles. The second-order valence-electron chi connectivity index (χ2n) is 4.60. The van der Waals surface area contributed by atoms with Gasteiger partial charge in [0.15, 0.2) is 0 Å². The Balaban J connectivity index is 2.37. The van der Waals surface area contributed by atoms with E-state index >= 15 is 0 Å². The van der Waals surface area contributed by atoms with Crippen LogP contribution in [0, 0.1) is 0 Å². The highest BCUT2D eigenvalue weighted by Gasteiger charge is 2.20. The molecule has 24 heavy (non-hydrogen) atoms. The van der Waals surface area contributed by atoms with E-state index < -0.39 is 11.9 Å². The van der Waals surface area contributed by atoms with Gasteiger partial charge in [-0.1, -0.05) is 27.5 Å². The lowest BCUT2D eigenvalue weighted by Crippen LogP contribution is -2.14. The predicted molar refractivity (Wildman–Crippen MR) is 93.1 cm³/mol. The van der Waals surface area contributed by atoms with Crippen LogP contribution in [0.2, 0.25) is 5.02 Å². The van der Waals surface area contributed by atoms with Gasteiger partial charge >= 0.3 is 11.9 Å². The van der Waals surface area contributed by atoms with E-state index in [0.717, 1.165) is 0 Å². The standard InChI is InChI=1S/C17H14BrClO5/c1-3-23-16(20)12-6-4-10(18)8-15(12)24-17(21)13-9-11(19)5-7-14(13)22-2/h4-9H,3H2,1-2H3. The molecule has 0 heterocycles. The molecular weight excluding hydrogens is 400 g/mol. The number of halogens is 2. The van der Waals surface area contributed by atoms with Crippen molar-refractivity contribution in [3.8, 4) is 11.5 Å². The van der Waals surface area contributed by atoms with Gasteiger partial charge in [-0.15, -0.1) is 0 Å². The molecule has 0 aromatic heterocycles. The molecule has 0 radical (unpaired) electrons. The van der Waals surface area contributed by atoms with Crippen molar-refractivity contribution >= 4 is 39.5 Å². The zero-order valence-corrected chi connectivity index (χ0v) is 15.3. The van der Waals surface area contributed by atoms with Crippen LogP contribution in [0.25, 0.3) is 0 Å². The fourth-order valence-corrected chi connectivity index (χ4v) is 2.46. The molecule has 0 bridgehead atoms. The molecule has 0 amide bonds. The highest BCUT2D eigenvalue weighted by molar-refractivity contribution is 9.10. The maximum Gasteiger partial charge on any atom is 0.347 e. The fraction of sp³-hybridized carbons (Fsp3) is 0.176. The first-order valence-electron chi connectivity index (χ1n) is 6.98. The number of benzene rings is 2. The summed E-state index contributed by atoms with van der Waals surface area (Å²) in [7, 11) is 1.43. The normalized spacial score (nSPS) is 10.2. The lowest BCUT2D eigenvalue weighted by atomic mass is 10.2. The van der Waals surface area contributed by atoms with E-state index in [4.69, 9.17) is 25.8 Å². The lowest BCUT2D eigenvalue weighted by Gasteiger charge is -2.12. The van der Waals surface area contributed by atoms with Gasteiger partial charge in [-0.25, -0.2) is 9.59 Å². The molecule has 0 aliphatic rings. The third-order valence-corrected chi connectivity index (χ3v) is 3.75. The Hall–Kier alpha value is -2.05. The van der Waals surface area contributed by atoms with Gasteiger partial charge in [-0.3, -0.25) is 0 Å². The monoisotopic (exact) mass is 412 g/mol. The number of rotatable bonds is 5. The van der Waals surface area contributed by atoms with Crippen LogP contribution < -0.4 is 9.47 Å². The zero-order valence-electron chi connectivity index (χ0n) is 13.0. The smallest absolute Gasteiger partial charge is 0.347 e. The first-order chi connectivity index (χ1) is 11.5. The summed E-state index contributed by atoms with van der Waals surface area (Å²) in [4.78, 5) is 24.5. The molecule has 5 nitrogen and oxygen atoms in total. The summed E-state index contributed by atoms with van der Waals surface area (Å²) in [5, 5.41) is 0.364. The summed E-state index contributed by atoms with van der Waals surface area (Å²) >= 11 is 9.21. The van der Waals surface area contributed by atoms with Crippen LogP contribution in [-0.2, 0) is 4.74 Å². The van der Waals surface area contributed by atoms with E-state index in [1.165, 1.54) is 25.3 Å². The SMILES string of the molecule is CCOC(=O)c1ccc(Br)cc1OC(=O)c1cc(Cl)ccc1OC. The minimum Gasteiger partial charge on any atom is -0.496 e. The number of hydrogen-bond acceptors (Lipinski definition) is 5. The Kier molecular flexibility index (Phi) is 6.23. The van der Waals surface area contributed by atoms with E-state index in [2.05, 4.69) is 15.9 Å². The molecule has 0 atom stereocenters. The molecule has 0 unspecified atom stereocenters. The quantitative estimate of drug-likeness (QED) is 0.533. The first-order valence-corrected chi connectivity index (χ1v) is 8.15. The molecule has 2 aromatic rings. The topological polar surface area (TPSA) is 61.8 Å². The summed E-state index contributed by atoms with van der Waals surface area (Å²) in [6.07, 6.45) is 0. The Morgan fingerprint density at radius 2 is 1.79 bits per heavy atom. The summed E-state index contributed by atoms with van der Waals surface area (Å²) in [5.74, 6) is -0.879. The van der Waals surface area contributed by atoms with Crippen molar-refractivity contribution in [2.24, 2.45) is 0 Å². The predicted octanol–water partition coefficient (Wildman–Crippen LogP) is 4.51. The number of carbonyl (C=O) groups excluding carboxylic acids is 2. The Labute approximate surface area is 152 Å². The number of hydrogen-bond donors (Lipinski definition) is 0. The molecule has 2 aromatic carbocycles. The van der Waals surface area contributed by atoms with Crippen LogP contribution in [0.4, 0.5) is 0 Å². The van der Waals surface area contributed by atoms with Crippen LogP contribution >= 0.6 is 27.5 Å². The van der Waals surface area contributed by atoms with E-state index in [-0.39, 0.29) is 23.5 Å². The van der Waals surface area contributed by atoms with Crippen LogP contribution in [0.1, 0.15) is 27.6 Å². The summed E-state index contributed by atoms with van der Waals surface area (Å²) in [6, 6.07) is 9.28. The van der Waals surface area contributed by atoms with Gasteiger partial charge in [0.2, 0.25) is 0 Å². The van der Waals surface area contributed by atoms with Crippen molar-refractivity contribution in [3.05, 3.63) is 57.0 Å². The van der Waals surface area contributed by atoms with Crippen molar-refractivity contribution in [2.75, 3.05) is 13.7 Å². The van der Waals surface area contributed by atoms with Crippen molar-refractivity contribution in [1.82, 2.24) is 0 Å². The zero-order chi connectivity index (χ0) is 17.7. The second kappa shape index (κ2) is 8.17. The molecule has 2 rings (SSSR count). The number of methoxy groups -OCH3 is 1. The molecular formula is C17H14BrClO5. The molecule has 0 aliphatic heterocycles. The highest BCUT2D eigenvalue weighted by Crippen LogP contribution is 2.28. The number of esters is 2. The van der Waals surface area contributed by atoms with E-state index in [1.807, 2.05) is 0 Å². The minimum atomic E-state index is -0.696. The fourth-order valence-electron chi connectivity index (χ4n) is 1.95. The van der Waals surface area contributed by atoms with Gasteiger partial charge in [0, 0.05) is 9.50 Å². The Bertz CT molecular complexity index is 776. The van der Waals surface area contributed by atoms with E-state index in [1.54, 1.807) is 25.1 Å². The third kappa shape index (κ3) is 4.27. The van der Waals surface area contributed by atoms with Crippen molar-refractivity contribution in [3.63, 3.8) is 0 Å². The average Bonchev–Trinajstić information content (AvgIpc) is 2.55. The van der Waals surface area contributed by atoms with Crippen LogP contribution in [-0.4, -0.2) is 25.7 Å². The molecule has 0 N–H and O–H groups in total. The molecule has 7 heteroatoms. The summed E-state index contributed by atoms with van der Waals surface area (Å²) in [6.45, 7) is 1.91. The Morgan fingerprint density at radius 3 is 2.46 bits per heavy atom. The van der Waals surface area contributed by atoms with Gasteiger partial charge in [-0.05, 0) is 43.3 Å². The molecule has 0 spiro atoms. The highest BCUT2D eigenvalue weighted by atomic mass is 79.9. The molecule has 0 saturated heterocycles. The molecule has 0 aliphatic carbocycles. The van der Waals surface area contributed by atoms with Crippen molar-refractivity contribution in [1.29, 1.82) is 0 Å². The van der Waals surface area contributed by atoms with Crippen LogP contribution in [0.3, 0.4) is 0 Å². The van der Waals surface area contributed by atoms with Gasteiger partial charge in [-0.2, -0.15) is 0 Å². The second-order valence-corrected chi connectivity index (χ2v) is 5.95. The first kappa shape index (κ1) is 18.3. The third-order valence-electron chi connectivity index (χ3n) is 3.02. The summed E-state index contributed by atoms with van der Waals surface area (Å²) < 4.78 is 16.1. The van der Waals surface area contributed by atoms with E-state index in [9.17, 15) is 9.59 Å². The lowest BCUT2D eigenvalue weighted by molar-refractivity contribution is 0.0520. The number of carbonyl (C=O) groups is 2. The van der Waals surface area contributed by atoms with Crippen LogP contribution in [0.5, 0.6) is 11.5 Å². The van der Waals surface area contributed by atoms with Crippen molar-refractivity contribution < 1.29 is 23.8 Å². The summed E-state index contributed by atoms with van der Waals surface area (Å²) in [5.41, 5.74) is 0.300. The van der Waals surface area contributed by atoms with Gasteiger partial charge in [0.25, 0.3) is 0 Å². The average molecular weight is 414 g/mol. The van der Waals surface area contributed by atoms with Gasteiger partial charge < -0.3 is 14.2 Å². The Morgan fingerprint density at radius 1 is 1.04 bits per heavy atom. The maximum atomic E-state index is 12.5. The van der Waals surface area contributed by atoms with Gasteiger partial charge in [0.05, 0.1) is 13.7 Å². The largest absolute Gasteiger partial charge is 0.496 e. The molecule has 126 valence electrons. The van der Waals surface area contributed by atoms with Crippen LogP contribution in [0.15, 0.2) is 40.9 Å². The maximum absolute atomic E-state index is 12.5. The van der Waals surface area contributed by atoms with Crippen molar-refractivity contribution in [2.45, 2.75) is 6.92 Å². The van der Waals surface area contributed by atoms with Gasteiger partial charge in [0.1, 0.15) is 22.6 Å². The minimum absolute atomic E-state index is 0.0786.